The van der Waals surface area contributed by atoms with Gasteiger partial charge in [0, 0.05) is 15.7 Å². The van der Waals surface area contributed by atoms with Gasteiger partial charge in [0.2, 0.25) is 0 Å². The Labute approximate surface area is 216 Å². The van der Waals surface area contributed by atoms with E-state index in [9.17, 15) is 14.3 Å². The largest absolute Gasteiger partial charge is 0.497 e. The molecule has 0 unspecified atom stereocenters. The first-order valence-corrected chi connectivity index (χ1v) is 13.3. The normalized spacial score (nSPS) is 14.0. The van der Waals surface area contributed by atoms with Gasteiger partial charge in [0.05, 0.1) is 13.5 Å². The number of aliphatic carboxylic acids is 1. The van der Waals surface area contributed by atoms with Crippen LogP contribution in [0.3, 0.4) is 0 Å². The number of benzene rings is 3. The van der Waals surface area contributed by atoms with E-state index >= 15 is 0 Å². The highest BCUT2D eigenvalue weighted by Gasteiger charge is 2.27. The number of carbonyl (C=O) groups is 1. The molecule has 6 heteroatoms. The molecule has 1 aliphatic rings. The summed E-state index contributed by atoms with van der Waals surface area (Å²) in [5.41, 5.74) is 3.34. The van der Waals surface area contributed by atoms with Crippen molar-refractivity contribution >= 4 is 17.7 Å². The molecule has 0 aromatic heterocycles. The van der Waals surface area contributed by atoms with Gasteiger partial charge in [-0.2, -0.15) is 0 Å². The number of methoxy groups -OCH3 is 1. The van der Waals surface area contributed by atoms with Crippen molar-refractivity contribution in [2.75, 3.05) is 7.11 Å². The summed E-state index contributed by atoms with van der Waals surface area (Å²) in [6.45, 7) is 4.59. The summed E-state index contributed by atoms with van der Waals surface area (Å²) in [6, 6.07) is 18.5. The molecule has 0 spiro atoms. The lowest BCUT2D eigenvalue weighted by atomic mass is 9.90. The van der Waals surface area contributed by atoms with Crippen molar-refractivity contribution in [3.63, 3.8) is 0 Å². The number of thioether (sulfide) groups is 1. The van der Waals surface area contributed by atoms with Gasteiger partial charge in [0.1, 0.15) is 23.9 Å². The molecular formula is C30H33FO4S. The van der Waals surface area contributed by atoms with Crippen molar-refractivity contribution in [3.05, 3.63) is 77.6 Å². The Morgan fingerprint density at radius 3 is 2.56 bits per heavy atom. The number of halogens is 1. The molecule has 0 bridgehead atoms. The third kappa shape index (κ3) is 7.03. The van der Waals surface area contributed by atoms with Gasteiger partial charge >= 0.3 is 5.97 Å². The van der Waals surface area contributed by atoms with Crippen LogP contribution in [-0.2, 0) is 11.4 Å². The number of carboxylic acid groups (broad SMARTS) is 1. The zero-order valence-corrected chi connectivity index (χ0v) is 21.8. The van der Waals surface area contributed by atoms with Crippen LogP contribution in [0.1, 0.15) is 56.6 Å². The average molecular weight is 509 g/mol. The summed E-state index contributed by atoms with van der Waals surface area (Å²) >= 11 is 1.68. The Hall–Kier alpha value is -2.99. The predicted molar refractivity (Wildman–Crippen MR) is 142 cm³/mol. The Morgan fingerprint density at radius 1 is 1.06 bits per heavy atom. The number of rotatable bonds is 12. The Balaban J connectivity index is 1.54. The molecule has 1 fully saturated rings. The predicted octanol–water partition coefficient (Wildman–Crippen LogP) is 7.94. The van der Waals surface area contributed by atoms with E-state index in [2.05, 4.69) is 19.9 Å². The molecule has 0 heterocycles. The van der Waals surface area contributed by atoms with Crippen molar-refractivity contribution in [2.24, 2.45) is 5.92 Å². The summed E-state index contributed by atoms with van der Waals surface area (Å²) in [7, 11) is 1.58. The lowest BCUT2D eigenvalue weighted by Crippen LogP contribution is -2.07. The standard InChI is InChI=1S/C30H33FO4S/c1-19(2)36-29-14-21(9-11-26(29)27-17-24(34-3)10-12-28(27)31)18-35-25-6-4-5-22(15-25)23(16-30(32)33)13-20-7-8-20/h4-6,9-12,14-15,17,19-20,23H,7-8,13,16,18H2,1-3H3,(H,32,33)/t23-/m1/s1. The van der Waals surface area contributed by atoms with Crippen molar-refractivity contribution in [3.8, 4) is 22.6 Å². The van der Waals surface area contributed by atoms with Crippen LogP contribution in [0, 0.1) is 11.7 Å². The molecule has 1 N–H and O–H groups in total. The summed E-state index contributed by atoms with van der Waals surface area (Å²) in [6.07, 6.45) is 3.43. The molecule has 3 aromatic rings. The molecule has 0 saturated heterocycles. The lowest BCUT2D eigenvalue weighted by Gasteiger charge is -2.17. The van der Waals surface area contributed by atoms with Crippen LogP contribution in [0.5, 0.6) is 11.5 Å². The van der Waals surface area contributed by atoms with Gasteiger partial charge in [0.25, 0.3) is 0 Å². The number of ether oxygens (including phenoxy) is 2. The summed E-state index contributed by atoms with van der Waals surface area (Å²) in [5.74, 6) is 0.925. The van der Waals surface area contributed by atoms with E-state index in [0.29, 0.717) is 29.1 Å². The van der Waals surface area contributed by atoms with E-state index in [1.165, 1.54) is 18.9 Å². The molecule has 1 aliphatic carbocycles. The quantitative estimate of drug-likeness (QED) is 0.252. The number of hydrogen-bond acceptors (Lipinski definition) is 4. The van der Waals surface area contributed by atoms with Gasteiger partial charge in [-0.3, -0.25) is 4.79 Å². The Bertz CT molecular complexity index is 1210. The van der Waals surface area contributed by atoms with E-state index < -0.39 is 5.97 Å². The maximum Gasteiger partial charge on any atom is 0.303 e. The fourth-order valence-electron chi connectivity index (χ4n) is 4.40. The number of carboxylic acids is 1. The SMILES string of the molecule is COc1ccc(F)c(-c2ccc(COc3cccc([C@@H](CC(=O)O)CC4CC4)c3)cc2SC(C)C)c1. The molecule has 190 valence electrons. The van der Waals surface area contributed by atoms with E-state index in [0.717, 1.165) is 33.8 Å². The maximum absolute atomic E-state index is 14.7. The summed E-state index contributed by atoms with van der Waals surface area (Å²) < 4.78 is 26.2. The minimum atomic E-state index is -0.769. The molecule has 0 amide bonds. The molecule has 36 heavy (non-hydrogen) atoms. The molecule has 1 atom stereocenters. The highest BCUT2D eigenvalue weighted by atomic mass is 32.2. The molecule has 4 rings (SSSR count). The van der Waals surface area contributed by atoms with Gasteiger partial charge in [-0.05, 0) is 71.3 Å². The zero-order chi connectivity index (χ0) is 25.7. The number of hydrogen-bond donors (Lipinski definition) is 1. The Morgan fingerprint density at radius 2 is 1.86 bits per heavy atom. The topological polar surface area (TPSA) is 55.8 Å². The van der Waals surface area contributed by atoms with Crippen LogP contribution in [0.2, 0.25) is 0 Å². The van der Waals surface area contributed by atoms with Crippen LogP contribution in [0.25, 0.3) is 11.1 Å². The van der Waals surface area contributed by atoms with Crippen molar-refractivity contribution in [1.82, 2.24) is 0 Å². The monoisotopic (exact) mass is 508 g/mol. The molecule has 0 radical (unpaired) electrons. The third-order valence-corrected chi connectivity index (χ3v) is 7.41. The first-order chi connectivity index (χ1) is 17.3. The summed E-state index contributed by atoms with van der Waals surface area (Å²) in [4.78, 5) is 12.4. The van der Waals surface area contributed by atoms with Gasteiger partial charge in [-0.1, -0.05) is 51.0 Å². The van der Waals surface area contributed by atoms with Crippen molar-refractivity contribution < 1.29 is 23.8 Å². The van der Waals surface area contributed by atoms with E-state index in [4.69, 9.17) is 9.47 Å². The van der Waals surface area contributed by atoms with Crippen LogP contribution in [0.4, 0.5) is 4.39 Å². The first-order valence-electron chi connectivity index (χ1n) is 12.4. The van der Waals surface area contributed by atoms with Crippen molar-refractivity contribution in [1.29, 1.82) is 0 Å². The molecule has 1 saturated carbocycles. The van der Waals surface area contributed by atoms with E-state index in [-0.39, 0.29) is 18.2 Å². The van der Waals surface area contributed by atoms with Gasteiger partial charge in [-0.15, -0.1) is 11.8 Å². The smallest absolute Gasteiger partial charge is 0.303 e. The fraction of sp³-hybridized carbons (Fsp3) is 0.367. The van der Waals surface area contributed by atoms with Crippen molar-refractivity contribution in [2.45, 2.75) is 62.2 Å². The Kier molecular flexibility index (Phi) is 8.57. The molecule has 0 aliphatic heterocycles. The minimum Gasteiger partial charge on any atom is -0.497 e. The third-order valence-electron chi connectivity index (χ3n) is 6.34. The maximum atomic E-state index is 14.7. The molecule has 3 aromatic carbocycles. The van der Waals surface area contributed by atoms with Gasteiger partial charge < -0.3 is 14.6 Å². The van der Waals surface area contributed by atoms with Crippen LogP contribution in [-0.4, -0.2) is 23.4 Å². The van der Waals surface area contributed by atoms with Gasteiger partial charge in [-0.25, -0.2) is 4.39 Å². The first kappa shape index (κ1) is 26.1. The fourth-order valence-corrected chi connectivity index (χ4v) is 5.43. The molecular weight excluding hydrogens is 475 g/mol. The second-order valence-corrected chi connectivity index (χ2v) is 11.3. The lowest BCUT2D eigenvalue weighted by molar-refractivity contribution is -0.137. The van der Waals surface area contributed by atoms with Crippen LogP contribution < -0.4 is 9.47 Å². The second kappa shape index (κ2) is 11.8. The van der Waals surface area contributed by atoms with Crippen LogP contribution in [0.15, 0.2) is 65.6 Å². The van der Waals surface area contributed by atoms with Crippen LogP contribution >= 0.6 is 11.8 Å². The minimum absolute atomic E-state index is 0.00429. The average Bonchev–Trinajstić information content (AvgIpc) is 3.67. The van der Waals surface area contributed by atoms with Gasteiger partial charge in [0.15, 0.2) is 0 Å². The summed E-state index contributed by atoms with van der Waals surface area (Å²) in [5, 5.41) is 9.70. The highest BCUT2D eigenvalue weighted by Crippen LogP contribution is 2.41. The van der Waals surface area contributed by atoms with E-state index in [1.54, 1.807) is 31.0 Å². The van der Waals surface area contributed by atoms with E-state index in [1.807, 2.05) is 36.4 Å². The second-order valence-electron chi connectivity index (χ2n) is 9.68. The molecule has 4 nitrogen and oxygen atoms in total. The highest BCUT2D eigenvalue weighted by molar-refractivity contribution is 8.00. The zero-order valence-electron chi connectivity index (χ0n) is 21.0.